The Morgan fingerprint density at radius 3 is 2.31 bits per heavy atom. The molecule has 3 N–H and O–H groups in total. The monoisotopic (exact) mass is 574 g/mol. The molecule has 1 unspecified atom stereocenters. The fraction of sp³-hybridized carbons (Fsp3) is 0.429. The number of carbonyl (C=O) groups is 2. The summed E-state index contributed by atoms with van der Waals surface area (Å²) < 4.78 is 17.4. The largest absolute Gasteiger partial charge is 0.489 e. The Morgan fingerprint density at radius 1 is 0.881 bits per heavy atom. The lowest BCUT2D eigenvalue weighted by Crippen LogP contribution is -2.42. The third-order valence-electron chi connectivity index (χ3n) is 6.96. The number of hydrogen-bond donors (Lipinski definition) is 2. The third kappa shape index (κ3) is 10.2. The van der Waals surface area contributed by atoms with Crippen molar-refractivity contribution < 1.29 is 23.8 Å². The lowest BCUT2D eigenvalue weighted by Gasteiger charge is -2.18. The van der Waals surface area contributed by atoms with E-state index in [0.29, 0.717) is 31.1 Å². The highest BCUT2D eigenvalue weighted by Crippen LogP contribution is 2.32. The van der Waals surface area contributed by atoms with Crippen LogP contribution in [-0.2, 0) is 27.4 Å². The van der Waals surface area contributed by atoms with Crippen LogP contribution in [-0.4, -0.2) is 37.7 Å². The molecule has 0 fully saturated rings. The second-order valence-corrected chi connectivity index (χ2v) is 11.6. The molecule has 7 nitrogen and oxygen atoms in total. The van der Waals surface area contributed by atoms with E-state index in [1.54, 1.807) is 0 Å². The van der Waals surface area contributed by atoms with E-state index < -0.39 is 12.0 Å². The third-order valence-corrected chi connectivity index (χ3v) is 6.96. The van der Waals surface area contributed by atoms with E-state index >= 15 is 0 Å². The van der Waals surface area contributed by atoms with Gasteiger partial charge in [0, 0.05) is 12.0 Å². The average molecular weight is 575 g/mol. The molecular weight excluding hydrogens is 528 g/mol. The normalized spacial score (nSPS) is 11.8. The van der Waals surface area contributed by atoms with Crippen molar-refractivity contribution in [3.8, 4) is 11.5 Å². The van der Waals surface area contributed by atoms with Crippen molar-refractivity contribution in [3.63, 3.8) is 0 Å². The molecule has 0 aromatic heterocycles. The maximum atomic E-state index is 12.4. The number of benzene rings is 3. The summed E-state index contributed by atoms with van der Waals surface area (Å²) >= 11 is 0. The highest BCUT2D eigenvalue weighted by atomic mass is 16.6. The van der Waals surface area contributed by atoms with Crippen molar-refractivity contribution in [3.05, 3.63) is 94.0 Å². The zero-order valence-electron chi connectivity index (χ0n) is 25.9. The van der Waals surface area contributed by atoms with Gasteiger partial charge in [0.1, 0.15) is 24.7 Å². The number of nitrogens with one attached hydrogen (secondary N) is 1. The minimum atomic E-state index is -0.568. The molecule has 0 aliphatic carbocycles. The molecule has 1 atom stereocenters. The van der Waals surface area contributed by atoms with Crippen molar-refractivity contribution >= 4 is 11.9 Å². The van der Waals surface area contributed by atoms with Crippen LogP contribution in [0.15, 0.2) is 60.7 Å². The number of ether oxygens (including phenoxy) is 3. The summed E-state index contributed by atoms with van der Waals surface area (Å²) in [4.78, 5) is 24.4. The van der Waals surface area contributed by atoms with Crippen LogP contribution in [0.1, 0.15) is 73.4 Å². The fourth-order valence-corrected chi connectivity index (χ4v) is 4.81. The Morgan fingerprint density at radius 2 is 1.62 bits per heavy atom. The lowest BCUT2D eigenvalue weighted by atomic mass is 9.94. The van der Waals surface area contributed by atoms with Gasteiger partial charge >= 0.3 is 5.97 Å². The van der Waals surface area contributed by atoms with Crippen LogP contribution in [0.4, 0.5) is 0 Å². The van der Waals surface area contributed by atoms with E-state index in [-0.39, 0.29) is 31.6 Å². The molecule has 226 valence electrons. The predicted octanol–water partition coefficient (Wildman–Crippen LogP) is 6.01. The number of nitrogens with two attached hydrogens (primary N) is 1. The predicted molar refractivity (Wildman–Crippen MR) is 167 cm³/mol. The maximum Gasteiger partial charge on any atom is 0.344 e. The van der Waals surface area contributed by atoms with E-state index in [1.807, 2.05) is 51.1 Å². The Bertz CT molecular complexity index is 1320. The summed E-state index contributed by atoms with van der Waals surface area (Å²) in [7, 11) is 0. The van der Waals surface area contributed by atoms with Crippen LogP contribution in [0, 0.1) is 19.8 Å². The standard InChI is InChI=1S/C35H46N2O5/c1-23(2)16-31(36)35(39)37-14-15-40-34(38)22-42-33-18-25(5)17-26(6)30(33)20-28-12-13-32(29(19-28)24(3)4)41-21-27-10-8-7-9-11-27/h7-13,17-19,23-24,31H,14-16,20-22,36H2,1-6H3,(H,37,39). The summed E-state index contributed by atoms with van der Waals surface area (Å²) in [6, 6.07) is 20.0. The van der Waals surface area contributed by atoms with Crippen LogP contribution in [0.3, 0.4) is 0 Å². The van der Waals surface area contributed by atoms with E-state index in [1.165, 1.54) is 0 Å². The summed E-state index contributed by atoms with van der Waals surface area (Å²) in [6.07, 6.45) is 1.25. The van der Waals surface area contributed by atoms with E-state index in [9.17, 15) is 9.59 Å². The molecule has 3 rings (SSSR count). The van der Waals surface area contributed by atoms with Gasteiger partial charge in [0.2, 0.25) is 5.91 Å². The van der Waals surface area contributed by atoms with Gasteiger partial charge in [-0.25, -0.2) is 4.79 Å². The van der Waals surface area contributed by atoms with Gasteiger partial charge in [-0.1, -0.05) is 76.2 Å². The van der Waals surface area contributed by atoms with Crippen LogP contribution < -0.4 is 20.5 Å². The maximum absolute atomic E-state index is 12.4. The number of hydrogen-bond acceptors (Lipinski definition) is 6. The molecule has 0 saturated carbocycles. The van der Waals surface area contributed by atoms with Gasteiger partial charge in [-0.15, -0.1) is 0 Å². The number of esters is 1. The summed E-state index contributed by atoms with van der Waals surface area (Å²) in [5.41, 5.74) is 12.5. The highest BCUT2D eigenvalue weighted by molar-refractivity contribution is 5.81. The molecule has 3 aromatic rings. The molecule has 3 aromatic carbocycles. The molecule has 1 amide bonds. The van der Waals surface area contributed by atoms with Crippen LogP contribution in [0.5, 0.6) is 11.5 Å². The first kappa shape index (κ1) is 32.7. The SMILES string of the molecule is Cc1cc(C)c(Cc2ccc(OCc3ccccc3)c(C(C)C)c2)c(OCC(=O)OCCNC(=O)C(N)CC(C)C)c1. The van der Waals surface area contributed by atoms with Gasteiger partial charge in [0.15, 0.2) is 6.61 Å². The summed E-state index contributed by atoms with van der Waals surface area (Å²) in [6.45, 7) is 13.0. The zero-order valence-corrected chi connectivity index (χ0v) is 25.9. The molecular formula is C35H46N2O5. The quantitative estimate of drug-likeness (QED) is 0.170. The van der Waals surface area contributed by atoms with Crippen molar-refractivity contribution in [1.82, 2.24) is 5.32 Å². The minimum absolute atomic E-state index is 0.0543. The molecule has 42 heavy (non-hydrogen) atoms. The Hall–Kier alpha value is -3.84. The van der Waals surface area contributed by atoms with Gasteiger partial charge in [-0.3, -0.25) is 4.79 Å². The smallest absolute Gasteiger partial charge is 0.344 e. The molecule has 0 spiro atoms. The second-order valence-electron chi connectivity index (χ2n) is 11.6. The van der Waals surface area contributed by atoms with Gasteiger partial charge in [0.05, 0.1) is 12.6 Å². The lowest BCUT2D eigenvalue weighted by molar-refractivity contribution is -0.146. The number of aryl methyl sites for hydroxylation is 2. The molecule has 0 aliphatic rings. The topological polar surface area (TPSA) is 99.9 Å². The number of amides is 1. The van der Waals surface area contributed by atoms with Crippen LogP contribution in [0.25, 0.3) is 0 Å². The Labute approximate surface area is 250 Å². The first-order valence-corrected chi connectivity index (χ1v) is 14.7. The molecule has 0 saturated heterocycles. The van der Waals surface area contributed by atoms with E-state index in [4.69, 9.17) is 19.9 Å². The van der Waals surface area contributed by atoms with Gasteiger partial charge in [0.25, 0.3) is 0 Å². The van der Waals surface area contributed by atoms with Crippen molar-refractivity contribution in [1.29, 1.82) is 0 Å². The van der Waals surface area contributed by atoms with E-state index in [2.05, 4.69) is 56.4 Å². The van der Waals surface area contributed by atoms with Crippen molar-refractivity contribution in [2.45, 2.75) is 73.0 Å². The van der Waals surface area contributed by atoms with Gasteiger partial charge < -0.3 is 25.3 Å². The molecule has 0 heterocycles. The fourth-order valence-electron chi connectivity index (χ4n) is 4.81. The molecule has 0 radical (unpaired) electrons. The zero-order chi connectivity index (χ0) is 30.6. The molecule has 0 bridgehead atoms. The van der Waals surface area contributed by atoms with Gasteiger partial charge in [-0.05, 0) is 72.1 Å². The van der Waals surface area contributed by atoms with Crippen molar-refractivity contribution in [2.75, 3.05) is 19.8 Å². The number of carbonyl (C=O) groups excluding carboxylic acids is 2. The van der Waals surface area contributed by atoms with Crippen molar-refractivity contribution in [2.24, 2.45) is 11.7 Å². The van der Waals surface area contributed by atoms with E-state index in [0.717, 1.165) is 39.1 Å². The first-order valence-electron chi connectivity index (χ1n) is 14.7. The Balaban J connectivity index is 1.61. The summed E-state index contributed by atoms with van der Waals surface area (Å²) in [5.74, 6) is 1.42. The van der Waals surface area contributed by atoms with Crippen LogP contribution >= 0.6 is 0 Å². The van der Waals surface area contributed by atoms with Gasteiger partial charge in [-0.2, -0.15) is 0 Å². The highest BCUT2D eigenvalue weighted by Gasteiger charge is 2.16. The summed E-state index contributed by atoms with van der Waals surface area (Å²) in [5, 5.41) is 2.71. The second kappa shape index (κ2) is 16.0. The molecule has 7 heteroatoms. The van der Waals surface area contributed by atoms with Crippen LogP contribution in [0.2, 0.25) is 0 Å². The number of rotatable bonds is 15. The minimum Gasteiger partial charge on any atom is -0.489 e. The first-order chi connectivity index (χ1) is 20.0. The Kier molecular flexibility index (Phi) is 12.4. The average Bonchev–Trinajstić information content (AvgIpc) is 2.94. The molecule has 0 aliphatic heterocycles.